The Morgan fingerprint density at radius 1 is 0.837 bits per heavy atom. The van der Waals surface area contributed by atoms with Crippen LogP contribution in [0.2, 0.25) is 0 Å². The lowest BCUT2D eigenvalue weighted by Crippen LogP contribution is -2.36. The molecule has 0 aliphatic heterocycles. The maximum absolute atomic E-state index is 13.0. The first kappa shape index (κ1) is 27.7. The fourth-order valence-corrected chi connectivity index (χ4v) is 5.11. The SMILES string of the molecule is O=C(Nc1ncnc2c1nnn2C1CC(COC(=O)c2ccccc2)C(OC(=O)c2ccccc2)C1O)c1ccccc1. The van der Waals surface area contributed by atoms with Gasteiger partial charge in [0, 0.05) is 11.5 Å². The van der Waals surface area contributed by atoms with E-state index in [4.69, 9.17) is 9.47 Å². The minimum atomic E-state index is -1.24. The molecule has 2 N–H and O–H groups in total. The number of hydrogen-bond donors (Lipinski definition) is 2. The molecule has 1 aliphatic rings. The fourth-order valence-electron chi connectivity index (χ4n) is 5.11. The number of hydrogen-bond acceptors (Lipinski definition) is 10. The monoisotopic (exact) mass is 578 g/mol. The number of carbonyl (C=O) groups is 3. The van der Waals surface area contributed by atoms with Crippen molar-refractivity contribution >= 4 is 34.8 Å². The van der Waals surface area contributed by atoms with Crippen molar-refractivity contribution in [3.8, 4) is 0 Å². The van der Waals surface area contributed by atoms with Crippen molar-refractivity contribution in [2.75, 3.05) is 11.9 Å². The number of anilines is 1. The van der Waals surface area contributed by atoms with Crippen LogP contribution in [0.3, 0.4) is 0 Å². The largest absolute Gasteiger partial charge is 0.462 e. The Morgan fingerprint density at radius 3 is 2.09 bits per heavy atom. The molecule has 2 aromatic heterocycles. The number of rotatable bonds is 8. The van der Waals surface area contributed by atoms with Crippen LogP contribution in [0.5, 0.6) is 0 Å². The number of ether oxygens (including phenoxy) is 2. The lowest BCUT2D eigenvalue weighted by atomic mass is 10.1. The van der Waals surface area contributed by atoms with Crippen molar-refractivity contribution < 1.29 is 29.0 Å². The molecule has 6 rings (SSSR count). The van der Waals surface area contributed by atoms with E-state index in [-0.39, 0.29) is 35.9 Å². The van der Waals surface area contributed by atoms with E-state index in [0.29, 0.717) is 16.7 Å². The van der Waals surface area contributed by atoms with Gasteiger partial charge in [-0.2, -0.15) is 0 Å². The molecule has 5 aromatic rings. The van der Waals surface area contributed by atoms with Gasteiger partial charge in [0.15, 0.2) is 17.0 Å². The highest BCUT2D eigenvalue weighted by Gasteiger charge is 2.47. The van der Waals surface area contributed by atoms with Crippen LogP contribution in [0.25, 0.3) is 11.2 Å². The average Bonchev–Trinajstić information content (AvgIpc) is 3.62. The number of benzene rings is 3. The molecule has 0 radical (unpaired) electrons. The standard InChI is InChI=1S/C31H26N6O6/c38-25-23(37-28-24(35-36-37)27(32-18-33-28)34-29(39)19-10-4-1-5-11-19)16-22(17-42-30(40)20-12-6-2-7-13-20)26(25)43-31(41)21-14-8-3-9-15-21/h1-15,18,22-23,25-26,38H,16-17H2,(H,32,33,34,39). The van der Waals surface area contributed by atoms with Gasteiger partial charge < -0.3 is 19.9 Å². The topological polar surface area (TPSA) is 158 Å². The Kier molecular flexibility index (Phi) is 7.83. The molecule has 12 nitrogen and oxygen atoms in total. The summed E-state index contributed by atoms with van der Waals surface area (Å²) in [5.41, 5.74) is 1.60. The quantitative estimate of drug-likeness (QED) is 0.261. The summed E-state index contributed by atoms with van der Waals surface area (Å²) in [6.45, 7) is -0.117. The van der Waals surface area contributed by atoms with Crippen LogP contribution >= 0.6 is 0 Å². The van der Waals surface area contributed by atoms with Gasteiger partial charge in [0.1, 0.15) is 18.5 Å². The second-order valence-electron chi connectivity index (χ2n) is 10.0. The van der Waals surface area contributed by atoms with Gasteiger partial charge in [-0.15, -0.1) is 5.10 Å². The number of nitrogens with zero attached hydrogens (tertiary/aromatic N) is 5. The third-order valence-electron chi connectivity index (χ3n) is 7.27. The molecule has 4 unspecified atom stereocenters. The molecular formula is C31H26N6O6. The molecule has 0 bridgehead atoms. The summed E-state index contributed by atoms with van der Waals surface area (Å²) in [4.78, 5) is 46.9. The lowest BCUT2D eigenvalue weighted by molar-refractivity contribution is -0.0367. The van der Waals surface area contributed by atoms with Crippen LogP contribution < -0.4 is 5.32 Å². The minimum absolute atomic E-state index is 0.117. The van der Waals surface area contributed by atoms with Gasteiger partial charge in [-0.05, 0) is 42.8 Å². The Bertz CT molecular complexity index is 1750. The normalized spacial score (nSPS) is 19.6. The van der Waals surface area contributed by atoms with Crippen LogP contribution in [-0.2, 0) is 9.47 Å². The molecule has 12 heteroatoms. The maximum Gasteiger partial charge on any atom is 0.338 e. The molecule has 43 heavy (non-hydrogen) atoms. The molecule has 2 heterocycles. The molecular weight excluding hydrogens is 552 g/mol. The third kappa shape index (κ3) is 5.81. The fraction of sp³-hybridized carbons (Fsp3) is 0.194. The van der Waals surface area contributed by atoms with Crippen molar-refractivity contribution in [3.63, 3.8) is 0 Å². The Hall–Kier alpha value is -5.49. The molecule has 0 saturated heterocycles. The van der Waals surface area contributed by atoms with Gasteiger partial charge in [0.05, 0.1) is 23.8 Å². The first-order valence-electron chi connectivity index (χ1n) is 13.6. The molecule has 3 aromatic carbocycles. The number of esters is 2. The van der Waals surface area contributed by atoms with Gasteiger partial charge >= 0.3 is 11.9 Å². The van der Waals surface area contributed by atoms with E-state index in [1.54, 1.807) is 91.0 Å². The summed E-state index contributed by atoms with van der Waals surface area (Å²) in [7, 11) is 0. The van der Waals surface area contributed by atoms with Gasteiger partial charge in [-0.3, -0.25) is 4.79 Å². The number of aliphatic hydroxyl groups excluding tert-OH is 1. The zero-order chi connectivity index (χ0) is 29.8. The summed E-state index contributed by atoms with van der Waals surface area (Å²) < 4.78 is 12.8. The molecule has 216 valence electrons. The van der Waals surface area contributed by atoms with Gasteiger partial charge in [0.2, 0.25) is 0 Å². The first-order valence-corrected chi connectivity index (χ1v) is 13.6. The van der Waals surface area contributed by atoms with Gasteiger partial charge in [0.25, 0.3) is 5.91 Å². The number of aliphatic hydroxyl groups is 1. The van der Waals surface area contributed by atoms with E-state index >= 15 is 0 Å². The zero-order valence-corrected chi connectivity index (χ0v) is 22.7. The van der Waals surface area contributed by atoms with E-state index in [1.807, 2.05) is 0 Å². The van der Waals surface area contributed by atoms with Crippen molar-refractivity contribution in [2.24, 2.45) is 5.92 Å². The van der Waals surface area contributed by atoms with E-state index in [1.165, 1.54) is 11.0 Å². The maximum atomic E-state index is 13.0. The van der Waals surface area contributed by atoms with Crippen LogP contribution in [0.4, 0.5) is 5.82 Å². The van der Waals surface area contributed by atoms with E-state index < -0.39 is 36.1 Å². The Morgan fingerprint density at radius 2 is 1.44 bits per heavy atom. The van der Waals surface area contributed by atoms with Crippen LogP contribution in [-0.4, -0.2) is 66.7 Å². The molecule has 1 amide bonds. The summed E-state index contributed by atoms with van der Waals surface area (Å²) in [6.07, 6.45) is -0.782. The molecule has 1 fully saturated rings. The number of carbonyl (C=O) groups excluding carboxylic acids is 3. The average molecular weight is 579 g/mol. The predicted molar refractivity (Wildman–Crippen MR) is 153 cm³/mol. The van der Waals surface area contributed by atoms with E-state index in [9.17, 15) is 19.5 Å². The Balaban J connectivity index is 1.26. The summed E-state index contributed by atoms with van der Waals surface area (Å²) >= 11 is 0. The van der Waals surface area contributed by atoms with Crippen LogP contribution in [0.1, 0.15) is 43.5 Å². The van der Waals surface area contributed by atoms with E-state index in [0.717, 1.165) is 0 Å². The molecule has 0 spiro atoms. The highest BCUT2D eigenvalue weighted by atomic mass is 16.6. The number of fused-ring (bicyclic) bond motifs is 1. The minimum Gasteiger partial charge on any atom is -0.462 e. The number of amides is 1. The smallest absolute Gasteiger partial charge is 0.338 e. The van der Waals surface area contributed by atoms with Crippen LogP contribution in [0, 0.1) is 5.92 Å². The zero-order valence-electron chi connectivity index (χ0n) is 22.7. The second-order valence-corrected chi connectivity index (χ2v) is 10.0. The van der Waals surface area contributed by atoms with Crippen molar-refractivity contribution in [1.82, 2.24) is 25.0 Å². The summed E-state index contributed by atoms with van der Waals surface area (Å²) in [5, 5.41) is 22.6. The molecule has 1 aliphatic carbocycles. The number of nitrogens with one attached hydrogen (secondary N) is 1. The van der Waals surface area contributed by atoms with E-state index in [2.05, 4.69) is 25.6 Å². The molecule has 1 saturated carbocycles. The number of aromatic nitrogens is 5. The summed E-state index contributed by atoms with van der Waals surface area (Å²) in [5.74, 6) is -1.97. The van der Waals surface area contributed by atoms with Gasteiger partial charge in [-0.25, -0.2) is 24.2 Å². The highest BCUT2D eigenvalue weighted by Crippen LogP contribution is 2.39. The van der Waals surface area contributed by atoms with Gasteiger partial charge in [-0.1, -0.05) is 59.8 Å². The van der Waals surface area contributed by atoms with Crippen LogP contribution in [0.15, 0.2) is 97.3 Å². The molecule has 4 atom stereocenters. The van der Waals surface area contributed by atoms with Crippen molar-refractivity contribution in [3.05, 3.63) is 114 Å². The first-order chi connectivity index (χ1) is 21.0. The second kappa shape index (κ2) is 12.2. The Labute approximate surface area is 245 Å². The van der Waals surface area contributed by atoms with Crippen molar-refractivity contribution in [2.45, 2.75) is 24.7 Å². The summed E-state index contributed by atoms with van der Waals surface area (Å²) in [6, 6.07) is 24.8. The lowest BCUT2D eigenvalue weighted by Gasteiger charge is -2.23. The predicted octanol–water partition coefficient (Wildman–Crippen LogP) is 3.48. The van der Waals surface area contributed by atoms with Crippen molar-refractivity contribution in [1.29, 1.82) is 0 Å². The highest BCUT2D eigenvalue weighted by molar-refractivity contribution is 6.06. The third-order valence-corrected chi connectivity index (χ3v) is 7.27.